The fourth-order valence-electron chi connectivity index (χ4n) is 3.52. The fraction of sp³-hybridized carbons (Fsp3) is 0.238. The van der Waals surface area contributed by atoms with Gasteiger partial charge in [0.25, 0.3) is 5.91 Å². The monoisotopic (exact) mass is 466 g/mol. The first-order valence-corrected chi connectivity index (χ1v) is 10.5. The molecule has 2 aromatic carbocycles. The molecular weight excluding hydrogens is 448 g/mol. The number of nitrogens with zero attached hydrogens (tertiary/aromatic N) is 1. The van der Waals surface area contributed by atoms with E-state index in [9.17, 15) is 22.4 Å². The summed E-state index contributed by atoms with van der Waals surface area (Å²) in [5.74, 6) is -0.698. The van der Waals surface area contributed by atoms with E-state index in [-0.39, 0.29) is 5.69 Å². The van der Waals surface area contributed by atoms with Crippen molar-refractivity contribution < 1.29 is 27.1 Å². The average molecular weight is 466 g/mol. The number of carbonyl (C=O) groups is 1. The SMILES string of the molecule is CC1(c2cc(NC(=O)c3cc4cc(OC(F)(F)F)ccc4[nH]3)ccc2F)CCSC(N)=N1. The highest BCUT2D eigenvalue weighted by molar-refractivity contribution is 8.13. The number of anilines is 1. The van der Waals surface area contributed by atoms with Crippen molar-refractivity contribution >= 4 is 39.4 Å². The number of thioether (sulfide) groups is 1. The number of hydrogen-bond acceptors (Lipinski definition) is 5. The highest BCUT2D eigenvalue weighted by Crippen LogP contribution is 2.37. The second-order valence-corrected chi connectivity index (χ2v) is 8.57. The number of amides is 1. The number of aromatic amines is 1. The summed E-state index contributed by atoms with van der Waals surface area (Å²) in [5, 5.41) is 3.42. The molecular formula is C21H18F4N4O2S. The van der Waals surface area contributed by atoms with Crippen LogP contribution >= 0.6 is 11.8 Å². The van der Waals surface area contributed by atoms with Crippen LogP contribution in [0.25, 0.3) is 10.9 Å². The van der Waals surface area contributed by atoms with Crippen LogP contribution in [0.1, 0.15) is 29.4 Å². The highest BCUT2D eigenvalue weighted by Gasteiger charge is 2.33. The van der Waals surface area contributed by atoms with Crippen LogP contribution < -0.4 is 15.8 Å². The zero-order chi connectivity index (χ0) is 23.1. The number of aliphatic imine (C=N–C) groups is 1. The van der Waals surface area contributed by atoms with Crippen LogP contribution in [0.2, 0.25) is 0 Å². The first-order valence-electron chi connectivity index (χ1n) is 9.50. The predicted molar refractivity (Wildman–Crippen MR) is 115 cm³/mol. The number of ether oxygens (including phenoxy) is 1. The Hall–Kier alpha value is -3.21. The molecule has 3 aromatic rings. The molecule has 4 N–H and O–H groups in total. The molecule has 1 aliphatic rings. The molecule has 0 spiro atoms. The summed E-state index contributed by atoms with van der Waals surface area (Å²) in [5.41, 5.74) is 6.21. The minimum atomic E-state index is -4.81. The van der Waals surface area contributed by atoms with E-state index in [0.717, 1.165) is 6.07 Å². The van der Waals surface area contributed by atoms with Gasteiger partial charge in [-0.25, -0.2) is 4.39 Å². The van der Waals surface area contributed by atoms with E-state index in [4.69, 9.17) is 5.73 Å². The first-order chi connectivity index (χ1) is 15.0. The minimum absolute atomic E-state index is 0.123. The Morgan fingerprint density at radius 2 is 2.03 bits per heavy atom. The van der Waals surface area contributed by atoms with E-state index in [1.54, 1.807) is 6.92 Å². The molecule has 11 heteroatoms. The van der Waals surface area contributed by atoms with E-state index < -0.39 is 29.4 Å². The number of aromatic nitrogens is 1. The Morgan fingerprint density at radius 1 is 1.25 bits per heavy atom. The van der Waals surface area contributed by atoms with Gasteiger partial charge >= 0.3 is 6.36 Å². The minimum Gasteiger partial charge on any atom is -0.406 e. The Balaban J connectivity index is 1.58. The number of benzene rings is 2. The third-order valence-corrected chi connectivity index (χ3v) is 5.87. The standard InChI is InChI=1S/C21H18F4N4O2S/c1-20(6-7-32-19(26)29-20)14-10-12(2-4-15(14)22)27-18(30)17-9-11-8-13(31-21(23,24)25)3-5-16(11)28-17/h2-5,8-10,28H,6-7H2,1H3,(H2,26,29)(H,27,30). The molecule has 1 aromatic heterocycles. The van der Waals surface area contributed by atoms with Gasteiger partial charge in [-0.05, 0) is 55.8 Å². The number of amidine groups is 1. The lowest BCUT2D eigenvalue weighted by atomic mass is 9.89. The first kappa shape index (κ1) is 22.0. The summed E-state index contributed by atoms with van der Waals surface area (Å²) in [6.45, 7) is 1.78. The lowest BCUT2D eigenvalue weighted by molar-refractivity contribution is -0.274. The molecule has 32 heavy (non-hydrogen) atoms. The van der Waals surface area contributed by atoms with Crippen LogP contribution in [0.15, 0.2) is 47.5 Å². The summed E-state index contributed by atoms with van der Waals surface area (Å²) in [4.78, 5) is 19.9. The maximum absolute atomic E-state index is 14.6. The molecule has 1 unspecified atom stereocenters. The van der Waals surface area contributed by atoms with Gasteiger partial charge < -0.3 is 20.8 Å². The van der Waals surface area contributed by atoms with E-state index in [2.05, 4.69) is 20.0 Å². The van der Waals surface area contributed by atoms with Gasteiger partial charge in [-0.2, -0.15) is 0 Å². The lowest BCUT2D eigenvalue weighted by Crippen LogP contribution is -2.29. The predicted octanol–water partition coefficient (Wildman–Crippen LogP) is 5.12. The Bertz CT molecular complexity index is 1220. The van der Waals surface area contributed by atoms with Crippen LogP contribution in [0.5, 0.6) is 5.75 Å². The molecule has 0 radical (unpaired) electrons. The maximum atomic E-state index is 14.6. The van der Waals surface area contributed by atoms with Gasteiger partial charge in [-0.3, -0.25) is 9.79 Å². The van der Waals surface area contributed by atoms with Crippen molar-refractivity contribution in [2.24, 2.45) is 10.7 Å². The zero-order valence-electron chi connectivity index (χ0n) is 16.7. The Morgan fingerprint density at radius 3 is 2.75 bits per heavy atom. The van der Waals surface area contributed by atoms with Crippen LogP contribution in [-0.2, 0) is 5.54 Å². The largest absolute Gasteiger partial charge is 0.573 e. The number of alkyl halides is 3. The number of fused-ring (bicyclic) bond motifs is 1. The van der Waals surface area contributed by atoms with Gasteiger partial charge in [0.1, 0.15) is 17.3 Å². The fourth-order valence-corrected chi connectivity index (χ4v) is 4.50. The van der Waals surface area contributed by atoms with Gasteiger partial charge in [0, 0.05) is 27.9 Å². The number of halogens is 4. The quantitative estimate of drug-likeness (QED) is 0.465. The van der Waals surface area contributed by atoms with Crippen LogP contribution in [-0.4, -0.2) is 28.2 Å². The number of H-pyrrole nitrogens is 1. The molecule has 0 saturated carbocycles. The number of carbonyl (C=O) groups excluding carboxylic acids is 1. The van der Waals surface area contributed by atoms with E-state index in [1.165, 1.54) is 48.2 Å². The maximum Gasteiger partial charge on any atom is 0.573 e. The summed E-state index contributed by atoms with van der Waals surface area (Å²) in [7, 11) is 0. The van der Waals surface area contributed by atoms with Crippen molar-refractivity contribution in [2.75, 3.05) is 11.1 Å². The number of nitrogens with two attached hydrogens (primary N) is 1. The van der Waals surface area contributed by atoms with Gasteiger partial charge in [-0.15, -0.1) is 13.2 Å². The summed E-state index contributed by atoms with van der Waals surface area (Å²) < 4.78 is 55.7. The Labute approximate surface area is 184 Å². The van der Waals surface area contributed by atoms with E-state index in [1.807, 2.05) is 0 Å². The van der Waals surface area contributed by atoms with Crippen molar-refractivity contribution in [3.05, 3.63) is 59.5 Å². The van der Waals surface area contributed by atoms with Crippen molar-refractivity contribution in [2.45, 2.75) is 25.2 Å². The van der Waals surface area contributed by atoms with Gasteiger partial charge in [0.2, 0.25) is 0 Å². The molecule has 4 rings (SSSR count). The smallest absolute Gasteiger partial charge is 0.406 e. The molecule has 0 bridgehead atoms. The van der Waals surface area contributed by atoms with Crippen LogP contribution in [0, 0.1) is 5.82 Å². The second kappa shape index (κ2) is 8.05. The summed E-state index contributed by atoms with van der Waals surface area (Å²) in [6, 6.07) is 9.29. The van der Waals surface area contributed by atoms with Gasteiger partial charge in [0.05, 0.1) is 5.54 Å². The topological polar surface area (TPSA) is 92.5 Å². The highest BCUT2D eigenvalue weighted by atomic mass is 32.2. The summed E-state index contributed by atoms with van der Waals surface area (Å²) >= 11 is 1.40. The third kappa shape index (κ3) is 4.67. The normalized spacial score (nSPS) is 19.0. The van der Waals surface area contributed by atoms with Gasteiger partial charge in [0.15, 0.2) is 5.17 Å². The van der Waals surface area contributed by atoms with Crippen molar-refractivity contribution in [3.8, 4) is 5.75 Å². The molecule has 2 heterocycles. The van der Waals surface area contributed by atoms with Crippen molar-refractivity contribution in [1.29, 1.82) is 0 Å². The van der Waals surface area contributed by atoms with Crippen LogP contribution in [0.4, 0.5) is 23.2 Å². The van der Waals surface area contributed by atoms with Gasteiger partial charge in [-0.1, -0.05) is 11.8 Å². The average Bonchev–Trinajstić information content (AvgIpc) is 3.11. The Kier molecular flexibility index (Phi) is 5.53. The molecule has 0 saturated heterocycles. The zero-order valence-corrected chi connectivity index (χ0v) is 17.5. The number of nitrogens with one attached hydrogen (secondary N) is 2. The molecule has 1 atom stereocenters. The second-order valence-electron chi connectivity index (χ2n) is 7.45. The number of hydrogen-bond donors (Lipinski definition) is 3. The van der Waals surface area contributed by atoms with Crippen molar-refractivity contribution in [1.82, 2.24) is 4.98 Å². The van der Waals surface area contributed by atoms with Crippen molar-refractivity contribution in [3.63, 3.8) is 0 Å². The number of rotatable bonds is 4. The van der Waals surface area contributed by atoms with E-state index in [0.29, 0.717) is 39.5 Å². The molecule has 168 valence electrons. The summed E-state index contributed by atoms with van der Waals surface area (Å²) in [6.07, 6.45) is -4.23. The lowest BCUT2D eigenvalue weighted by Gasteiger charge is -2.30. The molecule has 6 nitrogen and oxygen atoms in total. The van der Waals surface area contributed by atoms with E-state index >= 15 is 0 Å². The molecule has 1 amide bonds. The van der Waals surface area contributed by atoms with Crippen LogP contribution in [0.3, 0.4) is 0 Å². The third-order valence-electron chi connectivity index (χ3n) is 5.07. The molecule has 0 fully saturated rings. The molecule has 0 aliphatic carbocycles. The molecule has 1 aliphatic heterocycles.